The third-order valence-corrected chi connectivity index (χ3v) is 7.69. The van der Waals surface area contributed by atoms with Crippen molar-refractivity contribution in [1.82, 2.24) is 9.66 Å². The molecule has 0 unspecified atom stereocenters. The monoisotopic (exact) mass is 567 g/mol. The third-order valence-electron chi connectivity index (χ3n) is 7.69. The van der Waals surface area contributed by atoms with E-state index in [2.05, 4.69) is 44.2 Å². The summed E-state index contributed by atoms with van der Waals surface area (Å²) < 4.78 is 13.4. The quantitative estimate of drug-likeness (QED) is 0.174. The summed E-state index contributed by atoms with van der Waals surface area (Å²) in [5.74, 6) is 2.16. The van der Waals surface area contributed by atoms with Crippen molar-refractivity contribution in [3.05, 3.63) is 136 Å². The van der Waals surface area contributed by atoms with Crippen LogP contribution in [0.15, 0.2) is 113 Å². The maximum absolute atomic E-state index is 13.9. The second-order valence-electron chi connectivity index (χ2n) is 10.8. The van der Waals surface area contributed by atoms with Crippen LogP contribution in [0.3, 0.4) is 0 Å². The van der Waals surface area contributed by atoms with Gasteiger partial charge in [0.25, 0.3) is 5.56 Å². The summed E-state index contributed by atoms with van der Waals surface area (Å²) in [5, 5.41) is 7.56. The molecular formula is C37H33N3O3. The van der Waals surface area contributed by atoms with E-state index in [0.717, 1.165) is 39.0 Å². The predicted molar refractivity (Wildman–Crippen MR) is 175 cm³/mol. The number of fused-ring (bicyclic) bond motifs is 2. The van der Waals surface area contributed by atoms with Crippen molar-refractivity contribution in [3.63, 3.8) is 0 Å². The minimum Gasteiger partial charge on any atom is -0.496 e. The molecule has 0 fully saturated rings. The predicted octanol–water partition coefficient (Wildman–Crippen LogP) is 8.12. The van der Waals surface area contributed by atoms with Gasteiger partial charge in [-0.3, -0.25) is 4.79 Å². The molecule has 1 heterocycles. The summed E-state index contributed by atoms with van der Waals surface area (Å²) in [6.07, 6.45) is 1.67. The van der Waals surface area contributed by atoms with Crippen LogP contribution in [-0.4, -0.2) is 23.0 Å². The number of hydrogen-bond acceptors (Lipinski definition) is 5. The highest BCUT2D eigenvalue weighted by Crippen LogP contribution is 2.34. The van der Waals surface area contributed by atoms with E-state index < -0.39 is 0 Å². The Morgan fingerprint density at radius 3 is 2.40 bits per heavy atom. The number of para-hydroxylation sites is 2. The van der Waals surface area contributed by atoms with Crippen LogP contribution in [0.5, 0.6) is 11.5 Å². The summed E-state index contributed by atoms with van der Waals surface area (Å²) in [6.45, 7) is 6.63. The molecule has 0 aliphatic carbocycles. The summed E-state index contributed by atoms with van der Waals surface area (Å²) in [4.78, 5) is 18.8. The Bertz CT molecular complexity index is 2040. The third kappa shape index (κ3) is 5.52. The molecule has 0 bridgehead atoms. The average Bonchev–Trinajstić information content (AvgIpc) is 3.03. The van der Waals surface area contributed by atoms with Gasteiger partial charge in [0.15, 0.2) is 5.82 Å². The minimum absolute atomic E-state index is 0.212. The second-order valence-corrected chi connectivity index (χ2v) is 10.8. The maximum atomic E-state index is 13.9. The van der Waals surface area contributed by atoms with Crippen molar-refractivity contribution in [2.45, 2.75) is 33.3 Å². The number of aromatic nitrogens is 2. The highest BCUT2D eigenvalue weighted by atomic mass is 16.5. The number of methoxy groups -OCH3 is 1. The zero-order chi connectivity index (χ0) is 29.9. The number of aryl methyl sites for hydroxylation is 1. The first-order chi connectivity index (χ1) is 20.9. The highest BCUT2D eigenvalue weighted by Gasteiger charge is 2.18. The molecular weight excluding hydrogens is 534 g/mol. The molecule has 0 saturated carbocycles. The maximum Gasteiger partial charge on any atom is 0.282 e. The molecule has 6 heteroatoms. The lowest BCUT2D eigenvalue weighted by Crippen LogP contribution is -2.21. The first kappa shape index (κ1) is 27.9. The van der Waals surface area contributed by atoms with Crippen LogP contribution in [0.2, 0.25) is 0 Å². The number of benzene rings is 5. The summed E-state index contributed by atoms with van der Waals surface area (Å²) in [6, 6.07) is 33.6. The van der Waals surface area contributed by atoms with Gasteiger partial charge in [-0.15, -0.1) is 0 Å². The molecule has 6 rings (SSSR count). The molecule has 0 saturated heterocycles. The van der Waals surface area contributed by atoms with Crippen LogP contribution in [0, 0.1) is 6.92 Å². The fraction of sp³-hybridized carbons (Fsp3) is 0.162. The standard InChI is InChI=1S/C37H33N3O3/c1-24(2)31-21-32(25(3)20-35(31)42-4)36-39-33-18-9-8-17-30(33)37(41)40(36)38-22-27-13-6-10-19-34(27)43-23-28-15-11-14-26-12-5-7-16-29(26)28/h5-22,24H,23H2,1-4H3. The van der Waals surface area contributed by atoms with Gasteiger partial charge in [0.1, 0.15) is 18.1 Å². The van der Waals surface area contributed by atoms with Gasteiger partial charge in [0.05, 0.1) is 24.2 Å². The molecule has 0 aliphatic rings. The minimum atomic E-state index is -0.243. The van der Waals surface area contributed by atoms with Crippen molar-refractivity contribution >= 4 is 27.9 Å². The SMILES string of the molecule is COc1cc(C)c(-c2nc3ccccc3c(=O)n2N=Cc2ccccc2OCc2cccc3ccccc23)cc1C(C)C. The summed E-state index contributed by atoms with van der Waals surface area (Å²) in [5.41, 5.74) is 5.02. The van der Waals surface area contributed by atoms with E-state index in [1.165, 1.54) is 10.1 Å². The van der Waals surface area contributed by atoms with Crippen molar-refractivity contribution in [2.75, 3.05) is 7.11 Å². The lowest BCUT2D eigenvalue weighted by atomic mass is 9.96. The Balaban J connectivity index is 1.43. The molecule has 6 aromatic rings. The lowest BCUT2D eigenvalue weighted by Gasteiger charge is -2.17. The normalized spacial score (nSPS) is 11.6. The Morgan fingerprint density at radius 2 is 1.58 bits per heavy atom. The van der Waals surface area contributed by atoms with Crippen molar-refractivity contribution in [2.24, 2.45) is 5.10 Å². The van der Waals surface area contributed by atoms with Crippen molar-refractivity contribution in [3.8, 4) is 22.9 Å². The van der Waals surface area contributed by atoms with Crippen LogP contribution in [0.4, 0.5) is 0 Å². The van der Waals surface area contributed by atoms with E-state index in [9.17, 15) is 4.79 Å². The smallest absolute Gasteiger partial charge is 0.282 e. The topological polar surface area (TPSA) is 65.7 Å². The molecule has 0 atom stereocenters. The first-order valence-corrected chi connectivity index (χ1v) is 14.4. The fourth-order valence-electron chi connectivity index (χ4n) is 5.38. The van der Waals surface area contributed by atoms with Crippen LogP contribution in [0.1, 0.15) is 42.0 Å². The van der Waals surface area contributed by atoms with Crippen LogP contribution in [0.25, 0.3) is 33.1 Å². The van der Waals surface area contributed by atoms with E-state index in [4.69, 9.17) is 19.6 Å². The molecule has 0 N–H and O–H groups in total. The van der Waals surface area contributed by atoms with Gasteiger partial charge in [0, 0.05) is 11.1 Å². The molecule has 43 heavy (non-hydrogen) atoms. The average molecular weight is 568 g/mol. The van der Waals surface area contributed by atoms with E-state index in [1.54, 1.807) is 19.4 Å². The molecule has 6 nitrogen and oxygen atoms in total. The second kappa shape index (κ2) is 11.9. The summed E-state index contributed by atoms with van der Waals surface area (Å²) >= 11 is 0. The molecule has 0 spiro atoms. The Morgan fingerprint density at radius 1 is 0.860 bits per heavy atom. The van der Waals surface area contributed by atoms with Crippen molar-refractivity contribution in [1.29, 1.82) is 0 Å². The molecule has 214 valence electrons. The molecule has 1 aromatic heterocycles. The zero-order valence-corrected chi connectivity index (χ0v) is 24.7. The van der Waals surface area contributed by atoms with Gasteiger partial charge in [-0.2, -0.15) is 9.78 Å². The van der Waals surface area contributed by atoms with Gasteiger partial charge < -0.3 is 9.47 Å². The van der Waals surface area contributed by atoms with E-state index in [-0.39, 0.29) is 11.5 Å². The fourth-order valence-corrected chi connectivity index (χ4v) is 5.38. The highest BCUT2D eigenvalue weighted by molar-refractivity contribution is 5.86. The molecule has 5 aromatic carbocycles. The van der Waals surface area contributed by atoms with Gasteiger partial charge in [-0.1, -0.05) is 80.6 Å². The molecule has 0 aliphatic heterocycles. The van der Waals surface area contributed by atoms with Crippen LogP contribution < -0.4 is 15.0 Å². The van der Waals surface area contributed by atoms with Gasteiger partial charge in [-0.05, 0) is 76.7 Å². The molecule has 0 radical (unpaired) electrons. The first-order valence-electron chi connectivity index (χ1n) is 14.4. The van der Waals surface area contributed by atoms with Gasteiger partial charge >= 0.3 is 0 Å². The van der Waals surface area contributed by atoms with E-state index in [1.807, 2.05) is 73.7 Å². The van der Waals surface area contributed by atoms with E-state index >= 15 is 0 Å². The van der Waals surface area contributed by atoms with Gasteiger partial charge in [0.2, 0.25) is 0 Å². The summed E-state index contributed by atoms with van der Waals surface area (Å²) in [7, 11) is 1.68. The van der Waals surface area contributed by atoms with E-state index in [0.29, 0.717) is 29.1 Å². The molecule has 0 amide bonds. The Kier molecular flexibility index (Phi) is 7.75. The Hall–Kier alpha value is -5.23. The zero-order valence-electron chi connectivity index (χ0n) is 24.7. The largest absolute Gasteiger partial charge is 0.496 e. The number of hydrogen-bond donors (Lipinski definition) is 0. The lowest BCUT2D eigenvalue weighted by molar-refractivity contribution is 0.307. The van der Waals surface area contributed by atoms with Crippen molar-refractivity contribution < 1.29 is 9.47 Å². The Labute approximate surface area is 250 Å². The number of nitrogens with zero attached hydrogens (tertiary/aromatic N) is 3. The number of rotatable bonds is 8. The van der Waals surface area contributed by atoms with Crippen LogP contribution >= 0.6 is 0 Å². The van der Waals surface area contributed by atoms with Crippen LogP contribution in [-0.2, 0) is 6.61 Å². The number of ether oxygens (including phenoxy) is 2. The van der Waals surface area contributed by atoms with Gasteiger partial charge in [-0.25, -0.2) is 4.98 Å².